The molecular weight excluding hydrogens is 350 g/mol. The van der Waals surface area contributed by atoms with Crippen molar-refractivity contribution in [1.29, 1.82) is 0 Å². The van der Waals surface area contributed by atoms with Gasteiger partial charge >= 0.3 is 0 Å². The number of fused-ring (bicyclic) bond motifs is 1. The number of benzene rings is 2. The minimum atomic E-state index is -0.672. The van der Waals surface area contributed by atoms with Gasteiger partial charge in [0.1, 0.15) is 11.6 Å². The Labute approximate surface area is 157 Å². The summed E-state index contributed by atoms with van der Waals surface area (Å²) in [4.78, 5) is 26.2. The standard InChI is InChI=1S/C21H22F2N2O2/c1-13(2)10-20(26)24-18-8-6-15(11-17(18)23)21(27)25-9-3-4-14-5-7-16(22)12-19(14)25/h5-8,11-13H,3-4,9-10H2,1-2H3,(H,24,26). The molecule has 0 fully saturated rings. The number of anilines is 2. The fourth-order valence-corrected chi connectivity index (χ4v) is 3.24. The smallest absolute Gasteiger partial charge is 0.258 e. The fourth-order valence-electron chi connectivity index (χ4n) is 3.24. The summed E-state index contributed by atoms with van der Waals surface area (Å²) in [5.74, 6) is -1.59. The van der Waals surface area contributed by atoms with Gasteiger partial charge in [-0.15, -0.1) is 0 Å². The number of rotatable bonds is 4. The Bertz CT molecular complexity index is 880. The molecule has 27 heavy (non-hydrogen) atoms. The van der Waals surface area contributed by atoms with E-state index in [2.05, 4.69) is 5.32 Å². The van der Waals surface area contributed by atoms with Crippen LogP contribution in [0.5, 0.6) is 0 Å². The van der Waals surface area contributed by atoms with Crippen LogP contribution < -0.4 is 10.2 Å². The third-order valence-electron chi connectivity index (χ3n) is 4.49. The highest BCUT2D eigenvalue weighted by atomic mass is 19.1. The molecule has 0 aliphatic carbocycles. The van der Waals surface area contributed by atoms with Gasteiger partial charge in [0.25, 0.3) is 5.91 Å². The van der Waals surface area contributed by atoms with Crippen molar-refractivity contribution >= 4 is 23.2 Å². The number of nitrogens with one attached hydrogen (secondary N) is 1. The van der Waals surface area contributed by atoms with E-state index in [1.54, 1.807) is 6.07 Å². The van der Waals surface area contributed by atoms with Crippen LogP contribution in [0.1, 0.15) is 42.6 Å². The Hall–Kier alpha value is -2.76. The van der Waals surface area contributed by atoms with E-state index < -0.39 is 11.6 Å². The van der Waals surface area contributed by atoms with Gasteiger partial charge in [-0.1, -0.05) is 19.9 Å². The van der Waals surface area contributed by atoms with E-state index in [-0.39, 0.29) is 35.4 Å². The largest absolute Gasteiger partial charge is 0.324 e. The van der Waals surface area contributed by atoms with E-state index in [0.717, 1.165) is 24.5 Å². The Kier molecular flexibility index (Phi) is 5.54. The minimum Gasteiger partial charge on any atom is -0.324 e. The molecule has 0 saturated carbocycles. The molecule has 0 unspecified atom stereocenters. The molecule has 1 N–H and O–H groups in total. The second kappa shape index (κ2) is 7.86. The van der Waals surface area contributed by atoms with Gasteiger partial charge in [-0.2, -0.15) is 0 Å². The van der Waals surface area contributed by atoms with Gasteiger partial charge in [0.2, 0.25) is 5.91 Å². The summed E-state index contributed by atoms with van der Waals surface area (Å²) in [5, 5.41) is 2.52. The lowest BCUT2D eigenvalue weighted by Crippen LogP contribution is -2.35. The summed E-state index contributed by atoms with van der Waals surface area (Å²) in [6.45, 7) is 4.25. The number of halogens is 2. The van der Waals surface area contributed by atoms with Crippen molar-refractivity contribution in [1.82, 2.24) is 0 Å². The average molecular weight is 372 g/mol. The quantitative estimate of drug-likeness (QED) is 0.856. The Morgan fingerprint density at radius 1 is 1.15 bits per heavy atom. The molecular formula is C21H22F2N2O2. The van der Waals surface area contributed by atoms with Gasteiger partial charge in [-0.05, 0) is 54.7 Å². The van der Waals surface area contributed by atoms with Crippen molar-refractivity contribution in [3.63, 3.8) is 0 Å². The van der Waals surface area contributed by atoms with E-state index in [1.165, 1.54) is 29.2 Å². The summed E-state index contributed by atoms with van der Waals surface area (Å²) in [5.41, 5.74) is 1.63. The maximum absolute atomic E-state index is 14.4. The first-order chi connectivity index (χ1) is 12.8. The highest BCUT2D eigenvalue weighted by Crippen LogP contribution is 2.29. The number of amides is 2. The monoisotopic (exact) mass is 372 g/mol. The molecule has 0 saturated heterocycles. The summed E-state index contributed by atoms with van der Waals surface area (Å²) in [7, 11) is 0. The Morgan fingerprint density at radius 3 is 2.63 bits per heavy atom. The maximum atomic E-state index is 14.4. The van der Waals surface area contributed by atoms with Crippen LogP contribution in [0, 0.1) is 17.6 Å². The van der Waals surface area contributed by atoms with E-state index >= 15 is 0 Å². The van der Waals surface area contributed by atoms with Crippen molar-refractivity contribution in [3.05, 3.63) is 59.2 Å². The lowest BCUT2D eigenvalue weighted by Gasteiger charge is -2.29. The van der Waals surface area contributed by atoms with Crippen LogP contribution in [0.15, 0.2) is 36.4 Å². The van der Waals surface area contributed by atoms with Gasteiger partial charge < -0.3 is 10.2 Å². The van der Waals surface area contributed by atoms with E-state index in [9.17, 15) is 18.4 Å². The highest BCUT2D eigenvalue weighted by molar-refractivity contribution is 6.07. The van der Waals surface area contributed by atoms with Gasteiger partial charge in [-0.25, -0.2) is 8.78 Å². The predicted molar refractivity (Wildman–Crippen MR) is 101 cm³/mol. The third kappa shape index (κ3) is 4.32. The maximum Gasteiger partial charge on any atom is 0.258 e. The molecule has 1 aliphatic rings. The summed E-state index contributed by atoms with van der Waals surface area (Å²) >= 11 is 0. The number of aryl methyl sites for hydroxylation is 1. The molecule has 0 bridgehead atoms. The van der Waals surface area contributed by atoms with E-state index in [4.69, 9.17) is 0 Å². The first kappa shape index (κ1) is 19.0. The second-order valence-electron chi connectivity index (χ2n) is 7.17. The molecule has 2 aromatic rings. The van der Waals surface area contributed by atoms with Gasteiger partial charge in [-0.3, -0.25) is 9.59 Å². The molecule has 6 heteroatoms. The van der Waals surface area contributed by atoms with Gasteiger partial charge in [0.15, 0.2) is 0 Å². The van der Waals surface area contributed by atoms with E-state index in [1.807, 2.05) is 13.8 Å². The van der Waals surface area contributed by atoms with Crippen LogP contribution in [0.25, 0.3) is 0 Å². The summed E-state index contributed by atoms with van der Waals surface area (Å²) in [6.07, 6.45) is 1.82. The Morgan fingerprint density at radius 2 is 1.93 bits per heavy atom. The molecule has 0 spiro atoms. The fraction of sp³-hybridized carbons (Fsp3) is 0.333. The number of carbonyl (C=O) groups excluding carboxylic acids is 2. The lowest BCUT2D eigenvalue weighted by molar-refractivity contribution is -0.116. The first-order valence-electron chi connectivity index (χ1n) is 9.05. The van der Waals surface area contributed by atoms with Crippen molar-refractivity contribution in [2.45, 2.75) is 33.1 Å². The molecule has 2 aromatic carbocycles. The SMILES string of the molecule is CC(C)CC(=O)Nc1ccc(C(=O)N2CCCc3ccc(F)cc32)cc1F. The average Bonchev–Trinajstić information content (AvgIpc) is 2.61. The van der Waals surface area contributed by atoms with Crippen molar-refractivity contribution in [3.8, 4) is 0 Å². The normalized spacial score (nSPS) is 13.4. The van der Waals surface area contributed by atoms with Crippen LogP contribution in [0.4, 0.5) is 20.2 Å². The third-order valence-corrected chi connectivity index (χ3v) is 4.49. The predicted octanol–water partition coefficient (Wildman–Crippen LogP) is 4.54. The van der Waals surface area contributed by atoms with Crippen LogP contribution >= 0.6 is 0 Å². The van der Waals surface area contributed by atoms with Crippen molar-refractivity contribution in [2.75, 3.05) is 16.8 Å². The number of hydrogen-bond donors (Lipinski definition) is 1. The highest BCUT2D eigenvalue weighted by Gasteiger charge is 2.25. The molecule has 1 heterocycles. The van der Waals surface area contributed by atoms with Crippen LogP contribution in [-0.2, 0) is 11.2 Å². The topological polar surface area (TPSA) is 49.4 Å². The number of hydrogen-bond acceptors (Lipinski definition) is 2. The van der Waals surface area contributed by atoms with Crippen molar-refractivity contribution < 1.29 is 18.4 Å². The van der Waals surface area contributed by atoms with Crippen LogP contribution in [-0.4, -0.2) is 18.4 Å². The second-order valence-corrected chi connectivity index (χ2v) is 7.17. The molecule has 4 nitrogen and oxygen atoms in total. The molecule has 2 amide bonds. The van der Waals surface area contributed by atoms with E-state index in [0.29, 0.717) is 12.2 Å². The zero-order valence-corrected chi connectivity index (χ0v) is 15.4. The summed E-state index contributed by atoms with van der Waals surface area (Å²) < 4.78 is 28.0. The number of nitrogens with zero attached hydrogens (tertiary/aromatic N) is 1. The zero-order chi connectivity index (χ0) is 19.6. The molecule has 3 rings (SSSR count). The number of carbonyl (C=O) groups is 2. The van der Waals surface area contributed by atoms with Gasteiger partial charge in [0, 0.05) is 18.5 Å². The van der Waals surface area contributed by atoms with Crippen molar-refractivity contribution in [2.24, 2.45) is 5.92 Å². The van der Waals surface area contributed by atoms with Gasteiger partial charge in [0.05, 0.1) is 11.4 Å². The molecule has 0 atom stereocenters. The molecule has 0 radical (unpaired) electrons. The molecule has 142 valence electrons. The van der Waals surface area contributed by atoms with Crippen LogP contribution in [0.3, 0.4) is 0 Å². The molecule has 0 aromatic heterocycles. The summed E-state index contributed by atoms with van der Waals surface area (Å²) in [6, 6.07) is 8.37. The lowest BCUT2D eigenvalue weighted by atomic mass is 10.0. The zero-order valence-electron chi connectivity index (χ0n) is 15.4. The minimum absolute atomic E-state index is 0.0438. The van der Waals surface area contributed by atoms with Crippen LogP contribution in [0.2, 0.25) is 0 Å². The first-order valence-corrected chi connectivity index (χ1v) is 9.05. The Balaban J connectivity index is 1.82. The molecule has 1 aliphatic heterocycles.